The van der Waals surface area contributed by atoms with Gasteiger partial charge < -0.3 is 10.1 Å². The van der Waals surface area contributed by atoms with Crippen LogP contribution in [0, 0.1) is 13.8 Å². The van der Waals surface area contributed by atoms with E-state index in [1.54, 1.807) is 7.11 Å². The summed E-state index contributed by atoms with van der Waals surface area (Å²) < 4.78 is 6.11. The molecule has 100 valence electrons. The molecule has 0 bridgehead atoms. The second kappa shape index (κ2) is 5.57. The molecule has 0 atom stereocenters. The second-order valence-corrected chi connectivity index (χ2v) is 5.06. The third-order valence-electron chi connectivity index (χ3n) is 3.04. The molecule has 19 heavy (non-hydrogen) atoms. The molecule has 4 nitrogen and oxygen atoms in total. The molecule has 1 heterocycles. The van der Waals surface area contributed by atoms with E-state index in [4.69, 9.17) is 4.74 Å². The first-order valence-electron chi connectivity index (χ1n) is 5.93. The Morgan fingerprint density at radius 3 is 2.53 bits per heavy atom. The zero-order valence-corrected chi connectivity index (χ0v) is 13.0. The molecule has 2 aromatic rings. The average Bonchev–Trinajstić information content (AvgIpc) is 2.41. The number of halogens is 1. The molecule has 1 aromatic carbocycles. The maximum absolute atomic E-state index is 5.22. The van der Waals surface area contributed by atoms with Crippen LogP contribution in [0.15, 0.2) is 22.7 Å². The van der Waals surface area contributed by atoms with Crippen molar-refractivity contribution in [3.8, 4) is 17.1 Å². The van der Waals surface area contributed by atoms with E-state index in [0.717, 1.165) is 32.9 Å². The first-order chi connectivity index (χ1) is 9.06. The Labute approximate surface area is 121 Å². The highest BCUT2D eigenvalue weighted by Crippen LogP contribution is 2.30. The topological polar surface area (TPSA) is 47.0 Å². The maximum atomic E-state index is 5.22. The quantitative estimate of drug-likeness (QED) is 0.938. The summed E-state index contributed by atoms with van der Waals surface area (Å²) in [7, 11) is 3.51. The normalized spacial score (nSPS) is 10.4. The number of hydrogen-bond donors (Lipinski definition) is 1. The lowest BCUT2D eigenvalue weighted by Gasteiger charge is -2.10. The van der Waals surface area contributed by atoms with Crippen molar-refractivity contribution >= 4 is 21.7 Å². The molecule has 0 fully saturated rings. The molecule has 1 aromatic heterocycles. The SMILES string of the molecule is CNc1nc(-c2ccc(OC)c(Br)c2)nc(C)c1C. The van der Waals surface area contributed by atoms with Crippen LogP contribution in [0.25, 0.3) is 11.4 Å². The molecule has 0 radical (unpaired) electrons. The average molecular weight is 322 g/mol. The Hall–Kier alpha value is -1.62. The van der Waals surface area contributed by atoms with E-state index >= 15 is 0 Å². The Morgan fingerprint density at radius 1 is 1.21 bits per heavy atom. The highest BCUT2D eigenvalue weighted by Gasteiger charge is 2.10. The first kappa shape index (κ1) is 13.8. The van der Waals surface area contributed by atoms with Gasteiger partial charge in [-0.05, 0) is 48.0 Å². The van der Waals surface area contributed by atoms with E-state index in [0.29, 0.717) is 5.82 Å². The summed E-state index contributed by atoms with van der Waals surface area (Å²) in [6, 6.07) is 5.81. The Balaban J connectivity index is 2.53. The van der Waals surface area contributed by atoms with E-state index in [1.807, 2.05) is 39.1 Å². The predicted molar refractivity (Wildman–Crippen MR) is 80.7 cm³/mol. The molecule has 0 aliphatic heterocycles. The lowest BCUT2D eigenvalue weighted by molar-refractivity contribution is 0.412. The van der Waals surface area contributed by atoms with Gasteiger partial charge in [-0.1, -0.05) is 0 Å². The summed E-state index contributed by atoms with van der Waals surface area (Å²) in [6.07, 6.45) is 0. The minimum Gasteiger partial charge on any atom is -0.496 e. The third-order valence-corrected chi connectivity index (χ3v) is 3.66. The van der Waals surface area contributed by atoms with Crippen LogP contribution < -0.4 is 10.1 Å². The Morgan fingerprint density at radius 2 is 1.95 bits per heavy atom. The van der Waals surface area contributed by atoms with Gasteiger partial charge in [0.1, 0.15) is 11.6 Å². The summed E-state index contributed by atoms with van der Waals surface area (Å²) in [5.41, 5.74) is 2.99. The number of aromatic nitrogens is 2. The third kappa shape index (κ3) is 2.71. The fourth-order valence-corrected chi connectivity index (χ4v) is 2.35. The van der Waals surface area contributed by atoms with Crippen molar-refractivity contribution in [1.29, 1.82) is 0 Å². The standard InChI is InChI=1S/C14H16BrN3O/c1-8-9(2)17-14(18-13(8)16-3)10-5-6-12(19-4)11(15)7-10/h5-7H,1-4H3,(H,16,17,18). The zero-order chi connectivity index (χ0) is 14.0. The van der Waals surface area contributed by atoms with Crippen molar-refractivity contribution in [2.45, 2.75) is 13.8 Å². The fraction of sp³-hybridized carbons (Fsp3) is 0.286. The molecule has 5 heteroatoms. The molecule has 0 saturated carbocycles. The van der Waals surface area contributed by atoms with Gasteiger partial charge in [-0.3, -0.25) is 0 Å². The van der Waals surface area contributed by atoms with Gasteiger partial charge in [-0.15, -0.1) is 0 Å². The van der Waals surface area contributed by atoms with Crippen molar-refractivity contribution in [2.24, 2.45) is 0 Å². The largest absolute Gasteiger partial charge is 0.496 e. The van der Waals surface area contributed by atoms with Gasteiger partial charge in [-0.25, -0.2) is 9.97 Å². The number of ether oxygens (including phenoxy) is 1. The van der Waals surface area contributed by atoms with Crippen molar-refractivity contribution in [3.05, 3.63) is 33.9 Å². The van der Waals surface area contributed by atoms with Crippen molar-refractivity contribution in [3.63, 3.8) is 0 Å². The van der Waals surface area contributed by atoms with Crippen LogP contribution in [0.3, 0.4) is 0 Å². The summed E-state index contributed by atoms with van der Waals surface area (Å²) in [4.78, 5) is 9.07. The smallest absolute Gasteiger partial charge is 0.161 e. The molecule has 0 spiro atoms. The number of benzene rings is 1. The van der Waals surface area contributed by atoms with Crippen LogP contribution in [-0.2, 0) is 0 Å². The lowest BCUT2D eigenvalue weighted by Crippen LogP contribution is -2.02. The Bertz CT molecular complexity index is 614. The van der Waals surface area contributed by atoms with Gasteiger partial charge in [-0.2, -0.15) is 0 Å². The first-order valence-corrected chi connectivity index (χ1v) is 6.73. The number of methoxy groups -OCH3 is 1. The van der Waals surface area contributed by atoms with Crippen LogP contribution in [0.1, 0.15) is 11.3 Å². The van der Waals surface area contributed by atoms with E-state index in [1.165, 1.54) is 0 Å². The minimum absolute atomic E-state index is 0.704. The molecular formula is C14H16BrN3O. The molecule has 0 unspecified atom stereocenters. The van der Waals surface area contributed by atoms with Crippen molar-refractivity contribution in [2.75, 3.05) is 19.5 Å². The van der Waals surface area contributed by atoms with E-state index in [2.05, 4.69) is 31.2 Å². The number of nitrogens with zero attached hydrogens (tertiary/aromatic N) is 2. The van der Waals surface area contributed by atoms with Crippen LogP contribution in [0.5, 0.6) is 5.75 Å². The van der Waals surface area contributed by atoms with E-state index in [9.17, 15) is 0 Å². The molecule has 0 saturated heterocycles. The lowest BCUT2D eigenvalue weighted by atomic mass is 10.1. The van der Waals surface area contributed by atoms with E-state index < -0.39 is 0 Å². The highest BCUT2D eigenvalue weighted by atomic mass is 79.9. The molecule has 2 rings (SSSR count). The Kier molecular flexibility index (Phi) is 4.04. The molecule has 0 amide bonds. The van der Waals surface area contributed by atoms with Crippen LogP contribution in [0.4, 0.5) is 5.82 Å². The van der Waals surface area contributed by atoms with E-state index in [-0.39, 0.29) is 0 Å². The van der Waals surface area contributed by atoms with Crippen molar-refractivity contribution in [1.82, 2.24) is 9.97 Å². The van der Waals surface area contributed by atoms with Crippen molar-refractivity contribution < 1.29 is 4.74 Å². The zero-order valence-electron chi connectivity index (χ0n) is 11.4. The number of anilines is 1. The number of nitrogens with one attached hydrogen (secondary N) is 1. The van der Waals surface area contributed by atoms with Gasteiger partial charge in [0.15, 0.2) is 5.82 Å². The second-order valence-electron chi connectivity index (χ2n) is 4.21. The van der Waals surface area contributed by atoms with Crippen LogP contribution in [0.2, 0.25) is 0 Å². The van der Waals surface area contributed by atoms with Gasteiger partial charge in [0.2, 0.25) is 0 Å². The fourth-order valence-electron chi connectivity index (χ4n) is 1.81. The molecule has 0 aliphatic carbocycles. The summed E-state index contributed by atoms with van der Waals surface area (Å²) in [5, 5.41) is 3.10. The number of rotatable bonds is 3. The summed E-state index contributed by atoms with van der Waals surface area (Å²) >= 11 is 3.48. The summed E-state index contributed by atoms with van der Waals surface area (Å²) in [5.74, 6) is 2.35. The summed E-state index contributed by atoms with van der Waals surface area (Å²) in [6.45, 7) is 3.99. The number of hydrogen-bond acceptors (Lipinski definition) is 4. The number of aryl methyl sites for hydroxylation is 1. The molecule has 0 aliphatic rings. The monoisotopic (exact) mass is 321 g/mol. The highest BCUT2D eigenvalue weighted by molar-refractivity contribution is 9.10. The van der Waals surface area contributed by atoms with Gasteiger partial charge in [0.25, 0.3) is 0 Å². The van der Waals surface area contributed by atoms with Gasteiger partial charge >= 0.3 is 0 Å². The minimum atomic E-state index is 0.704. The maximum Gasteiger partial charge on any atom is 0.161 e. The van der Waals surface area contributed by atoms with Gasteiger partial charge in [0, 0.05) is 23.9 Å². The van der Waals surface area contributed by atoms with Gasteiger partial charge in [0.05, 0.1) is 11.6 Å². The molecular weight excluding hydrogens is 306 g/mol. The predicted octanol–water partition coefficient (Wildman–Crippen LogP) is 3.57. The van der Waals surface area contributed by atoms with Crippen LogP contribution in [-0.4, -0.2) is 24.1 Å². The van der Waals surface area contributed by atoms with Crippen LogP contribution >= 0.6 is 15.9 Å². The molecule has 1 N–H and O–H groups in total.